The van der Waals surface area contributed by atoms with Crippen LogP contribution in [0.3, 0.4) is 0 Å². The Hall–Kier alpha value is -0.630. The zero-order chi connectivity index (χ0) is 9.68. The number of nitriles is 1. The molecule has 0 spiro atoms. The van der Waals surface area contributed by atoms with Crippen molar-refractivity contribution in [3.05, 3.63) is 0 Å². The summed E-state index contributed by atoms with van der Waals surface area (Å²) in [6.07, 6.45) is 0.212. The van der Waals surface area contributed by atoms with Crippen molar-refractivity contribution in [2.45, 2.75) is 25.6 Å². The Bertz CT molecular complexity index is 189. The van der Waals surface area contributed by atoms with Gasteiger partial charge in [-0.05, 0) is 13.3 Å². The highest BCUT2D eigenvalue weighted by atomic mass is 16.5. The summed E-state index contributed by atoms with van der Waals surface area (Å²) in [6, 6.07) is 2.10. The Labute approximate surface area is 78.7 Å². The van der Waals surface area contributed by atoms with Crippen LogP contribution < -0.4 is 0 Å². The Morgan fingerprint density at radius 2 is 2.54 bits per heavy atom. The number of rotatable bonds is 3. The van der Waals surface area contributed by atoms with Gasteiger partial charge in [-0.2, -0.15) is 5.26 Å². The molecule has 0 aromatic rings. The average molecular weight is 184 g/mol. The molecule has 0 aromatic carbocycles. The molecule has 4 heteroatoms. The average Bonchev–Trinajstić information content (AvgIpc) is 2.15. The molecule has 0 saturated carbocycles. The lowest BCUT2D eigenvalue weighted by Crippen LogP contribution is -2.42. The van der Waals surface area contributed by atoms with Crippen molar-refractivity contribution in [2.24, 2.45) is 0 Å². The zero-order valence-electron chi connectivity index (χ0n) is 7.94. The fraction of sp³-hybridized carbons (Fsp3) is 0.889. The summed E-state index contributed by atoms with van der Waals surface area (Å²) >= 11 is 0. The molecule has 0 aromatic heterocycles. The van der Waals surface area contributed by atoms with Crippen molar-refractivity contribution in [3.8, 4) is 6.07 Å². The van der Waals surface area contributed by atoms with Gasteiger partial charge in [-0.1, -0.05) is 0 Å². The van der Waals surface area contributed by atoms with E-state index in [1.54, 1.807) is 6.92 Å². The van der Waals surface area contributed by atoms with Crippen LogP contribution in [0.1, 0.15) is 13.3 Å². The van der Waals surface area contributed by atoms with Gasteiger partial charge >= 0.3 is 0 Å². The molecule has 0 aliphatic carbocycles. The van der Waals surface area contributed by atoms with E-state index in [2.05, 4.69) is 11.0 Å². The van der Waals surface area contributed by atoms with Gasteiger partial charge in [0.2, 0.25) is 0 Å². The van der Waals surface area contributed by atoms with Gasteiger partial charge in [0, 0.05) is 19.6 Å². The molecule has 2 unspecified atom stereocenters. The number of morpholine rings is 1. The maximum Gasteiger partial charge on any atom is 0.156 e. The van der Waals surface area contributed by atoms with Crippen LogP contribution in [0.2, 0.25) is 0 Å². The van der Waals surface area contributed by atoms with Gasteiger partial charge in [0.15, 0.2) is 6.10 Å². The van der Waals surface area contributed by atoms with Gasteiger partial charge < -0.3 is 9.84 Å². The van der Waals surface area contributed by atoms with Crippen LogP contribution in [-0.4, -0.2) is 48.5 Å². The molecule has 1 rings (SSSR count). The Morgan fingerprint density at radius 1 is 1.77 bits per heavy atom. The quantitative estimate of drug-likeness (QED) is 0.670. The summed E-state index contributed by atoms with van der Waals surface area (Å²) in [5.41, 5.74) is 0. The van der Waals surface area contributed by atoms with Gasteiger partial charge in [0.05, 0.1) is 18.8 Å². The summed E-state index contributed by atoms with van der Waals surface area (Å²) in [6.45, 7) is 4.79. The summed E-state index contributed by atoms with van der Waals surface area (Å²) in [5.74, 6) is 0. The van der Waals surface area contributed by atoms with Crippen LogP contribution >= 0.6 is 0 Å². The van der Waals surface area contributed by atoms with Crippen LogP contribution in [0.4, 0.5) is 0 Å². The first kappa shape index (κ1) is 10.5. The predicted octanol–water partition coefficient (Wildman–Crippen LogP) is -0.0183. The van der Waals surface area contributed by atoms with Gasteiger partial charge in [-0.15, -0.1) is 0 Å². The van der Waals surface area contributed by atoms with Gasteiger partial charge in [-0.3, -0.25) is 4.90 Å². The number of aliphatic hydroxyl groups excluding tert-OH is 1. The predicted molar refractivity (Wildman–Crippen MR) is 48.1 cm³/mol. The lowest BCUT2D eigenvalue weighted by Gasteiger charge is -2.29. The number of hydrogen-bond acceptors (Lipinski definition) is 4. The van der Waals surface area contributed by atoms with Crippen molar-refractivity contribution in [1.29, 1.82) is 5.26 Å². The van der Waals surface area contributed by atoms with Crippen molar-refractivity contribution in [1.82, 2.24) is 4.90 Å². The molecule has 0 bridgehead atoms. The fourth-order valence-electron chi connectivity index (χ4n) is 1.35. The number of ether oxygens (including phenoxy) is 1. The third-order valence-corrected chi connectivity index (χ3v) is 2.16. The molecule has 4 nitrogen and oxygen atoms in total. The van der Waals surface area contributed by atoms with E-state index in [0.29, 0.717) is 13.2 Å². The Kier molecular flexibility index (Phi) is 4.16. The zero-order valence-corrected chi connectivity index (χ0v) is 7.94. The molecular formula is C9H16N2O2. The molecule has 0 radical (unpaired) electrons. The second kappa shape index (κ2) is 5.18. The maximum atomic E-state index is 9.08. The molecule has 0 amide bonds. The van der Waals surface area contributed by atoms with E-state index in [9.17, 15) is 0 Å². The molecule has 1 N–H and O–H groups in total. The van der Waals surface area contributed by atoms with Crippen LogP contribution in [0.15, 0.2) is 0 Å². The van der Waals surface area contributed by atoms with E-state index in [0.717, 1.165) is 19.5 Å². The largest absolute Gasteiger partial charge is 0.393 e. The lowest BCUT2D eigenvalue weighted by atomic mass is 10.2. The van der Waals surface area contributed by atoms with E-state index in [1.165, 1.54) is 0 Å². The standard InChI is InChI=1S/C9H16N2O2/c1-8(12)2-3-11-4-5-13-9(6-10)7-11/h8-9,12H,2-5,7H2,1H3. The summed E-state index contributed by atoms with van der Waals surface area (Å²) in [5, 5.41) is 17.7. The van der Waals surface area contributed by atoms with Crippen LogP contribution in [0, 0.1) is 11.3 Å². The molecule has 2 atom stereocenters. The third-order valence-electron chi connectivity index (χ3n) is 2.16. The van der Waals surface area contributed by atoms with Crippen molar-refractivity contribution in [3.63, 3.8) is 0 Å². The third kappa shape index (κ3) is 3.73. The van der Waals surface area contributed by atoms with E-state index in [-0.39, 0.29) is 12.2 Å². The van der Waals surface area contributed by atoms with E-state index in [1.807, 2.05) is 0 Å². The van der Waals surface area contributed by atoms with Crippen molar-refractivity contribution >= 4 is 0 Å². The smallest absolute Gasteiger partial charge is 0.156 e. The van der Waals surface area contributed by atoms with Crippen molar-refractivity contribution in [2.75, 3.05) is 26.2 Å². The highest BCUT2D eigenvalue weighted by molar-refractivity contribution is 4.89. The molecule has 74 valence electrons. The van der Waals surface area contributed by atoms with Crippen LogP contribution in [0.25, 0.3) is 0 Å². The molecule has 1 saturated heterocycles. The highest BCUT2D eigenvalue weighted by Gasteiger charge is 2.19. The SMILES string of the molecule is CC(O)CCN1CCOC(C#N)C1. The molecule has 1 fully saturated rings. The molecule has 1 aliphatic rings. The Morgan fingerprint density at radius 3 is 3.15 bits per heavy atom. The first-order chi connectivity index (χ1) is 6.22. The maximum absolute atomic E-state index is 9.08. The minimum absolute atomic E-state index is 0.261. The van der Waals surface area contributed by atoms with Crippen LogP contribution in [0.5, 0.6) is 0 Å². The molecular weight excluding hydrogens is 168 g/mol. The highest BCUT2D eigenvalue weighted by Crippen LogP contribution is 2.05. The topological polar surface area (TPSA) is 56.5 Å². The lowest BCUT2D eigenvalue weighted by molar-refractivity contribution is -0.00364. The monoisotopic (exact) mass is 184 g/mol. The number of aliphatic hydroxyl groups is 1. The minimum Gasteiger partial charge on any atom is -0.393 e. The van der Waals surface area contributed by atoms with Gasteiger partial charge in [-0.25, -0.2) is 0 Å². The van der Waals surface area contributed by atoms with E-state index < -0.39 is 0 Å². The number of nitrogens with zero attached hydrogens (tertiary/aromatic N) is 2. The first-order valence-corrected chi connectivity index (χ1v) is 4.64. The van der Waals surface area contributed by atoms with Crippen LogP contribution in [-0.2, 0) is 4.74 Å². The second-order valence-electron chi connectivity index (χ2n) is 3.43. The normalized spacial score (nSPS) is 26.7. The summed E-state index contributed by atoms with van der Waals surface area (Å²) in [7, 11) is 0. The van der Waals surface area contributed by atoms with E-state index >= 15 is 0 Å². The fourth-order valence-corrected chi connectivity index (χ4v) is 1.35. The second-order valence-corrected chi connectivity index (χ2v) is 3.43. The number of hydrogen-bond donors (Lipinski definition) is 1. The summed E-state index contributed by atoms with van der Waals surface area (Å²) in [4.78, 5) is 2.16. The molecule has 1 heterocycles. The van der Waals surface area contributed by atoms with Crippen molar-refractivity contribution < 1.29 is 9.84 Å². The minimum atomic E-state index is -0.289. The Balaban J connectivity index is 2.23. The molecule has 13 heavy (non-hydrogen) atoms. The van der Waals surface area contributed by atoms with Gasteiger partial charge in [0.1, 0.15) is 0 Å². The summed E-state index contributed by atoms with van der Waals surface area (Å²) < 4.78 is 5.20. The molecule has 1 aliphatic heterocycles. The van der Waals surface area contributed by atoms with Gasteiger partial charge in [0.25, 0.3) is 0 Å². The van der Waals surface area contributed by atoms with E-state index in [4.69, 9.17) is 15.1 Å². The first-order valence-electron chi connectivity index (χ1n) is 4.64.